The fourth-order valence-corrected chi connectivity index (χ4v) is 4.27. The zero-order valence-electron chi connectivity index (χ0n) is 18.4. The molecule has 1 heterocycles. The third-order valence-electron chi connectivity index (χ3n) is 5.12. The normalized spacial score (nSPS) is 14.7. The summed E-state index contributed by atoms with van der Waals surface area (Å²) in [6.45, 7) is 9.11. The highest BCUT2D eigenvalue weighted by atomic mass is 32.2. The Bertz CT molecular complexity index is 1030. The quantitative estimate of drug-likeness (QED) is 0.681. The number of amides is 1. The van der Waals surface area contributed by atoms with E-state index in [9.17, 15) is 13.2 Å². The Balaban J connectivity index is 1.51. The predicted molar refractivity (Wildman–Crippen MR) is 119 cm³/mol. The van der Waals surface area contributed by atoms with Gasteiger partial charge in [0.25, 0.3) is 0 Å². The van der Waals surface area contributed by atoms with Gasteiger partial charge in [-0.1, -0.05) is 39.0 Å². The minimum atomic E-state index is -3.67. The molecule has 0 radical (unpaired) electrons. The average Bonchev–Trinajstić information content (AvgIpc) is 2.72. The minimum absolute atomic E-state index is 0.0169. The Morgan fingerprint density at radius 3 is 2.32 bits per heavy atom. The second-order valence-corrected chi connectivity index (χ2v) is 10.4. The van der Waals surface area contributed by atoms with Gasteiger partial charge in [-0.3, -0.25) is 4.79 Å². The molecular weight excluding hydrogens is 416 g/mol. The van der Waals surface area contributed by atoms with Crippen LogP contribution in [0.4, 0.5) is 0 Å². The number of carbonyl (C=O) groups is 1. The minimum Gasteiger partial charge on any atom is -0.486 e. The fourth-order valence-electron chi connectivity index (χ4n) is 3.24. The van der Waals surface area contributed by atoms with E-state index in [1.54, 1.807) is 12.1 Å². The number of sulfonamides is 1. The molecule has 1 aliphatic rings. The van der Waals surface area contributed by atoms with E-state index in [0.717, 1.165) is 11.1 Å². The molecule has 1 aliphatic heterocycles. The highest BCUT2D eigenvalue weighted by Crippen LogP contribution is 2.32. The highest BCUT2D eigenvalue weighted by molar-refractivity contribution is 7.89. The lowest BCUT2D eigenvalue weighted by Crippen LogP contribution is -2.32. The molecule has 3 rings (SSSR count). The molecule has 7 nitrogen and oxygen atoms in total. The van der Waals surface area contributed by atoms with Gasteiger partial charge < -0.3 is 14.8 Å². The zero-order valence-corrected chi connectivity index (χ0v) is 19.2. The summed E-state index contributed by atoms with van der Waals surface area (Å²) in [5, 5.41) is 2.88. The first-order valence-electron chi connectivity index (χ1n) is 10.4. The van der Waals surface area contributed by atoms with Crippen LogP contribution in [0.15, 0.2) is 47.4 Å². The summed E-state index contributed by atoms with van der Waals surface area (Å²) in [6.07, 6.45) is 0.0359. The maximum Gasteiger partial charge on any atom is 0.240 e. The third kappa shape index (κ3) is 5.98. The second kappa shape index (κ2) is 9.28. The van der Waals surface area contributed by atoms with E-state index < -0.39 is 10.0 Å². The molecule has 2 N–H and O–H groups in total. The molecule has 1 unspecified atom stereocenters. The van der Waals surface area contributed by atoms with Crippen molar-refractivity contribution in [3.63, 3.8) is 0 Å². The van der Waals surface area contributed by atoms with Crippen molar-refractivity contribution in [1.29, 1.82) is 0 Å². The van der Waals surface area contributed by atoms with Crippen LogP contribution in [0.1, 0.15) is 51.3 Å². The Hall–Kier alpha value is -2.58. The van der Waals surface area contributed by atoms with Crippen molar-refractivity contribution in [3.8, 4) is 11.5 Å². The molecule has 0 aliphatic carbocycles. The van der Waals surface area contributed by atoms with Crippen LogP contribution in [0.2, 0.25) is 0 Å². The lowest BCUT2D eigenvalue weighted by atomic mass is 9.87. The summed E-state index contributed by atoms with van der Waals surface area (Å²) in [5.74, 6) is 1.11. The van der Waals surface area contributed by atoms with Gasteiger partial charge in [0.05, 0.1) is 10.9 Å². The molecule has 0 spiro atoms. The molecule has 0 saturated carbocycles. The van der Waals surface area contributed by atoms with Crippen molar-refractivity contribution in [3.05, 3.63) is 53.6 Å². The summed E-state index contributed by atoms with van der Waals surface area (Å²) >= 11 is 0. The number of fused-ring (bicyclic) bond motifs is 1. The Morgan fingerprint density at radius 1 is 1.03 bits per heavy atom. The summed E-state index contributed by atoms with van der Waals surface area (Å²) in [6, 6.07) is 12.1. The molecule has 0 bridgehead atoms. The summed E-state index contributed by atoms with van der Waals surface area (Å²) in [5.41, 5.74) is 1.89. The van der Waals surface area contributed by atoms with Crippen molar-refractivity contribution in [2.45, 2.75) is 50.5 Å². The first-order valence-corrected chi connectivity index (χ1v) is 11.8. The van der Waals surface area contributed by atoms with E-state index in [0.29, 0.717) is 24.7 Å². The van der Waals surface area contributed by atoms with Crippen LogP contribution < -0.4 is 19.5 Å². The fraction of sp³-hybridized carbons (Fsp3) is 0.435. The number of ether oxygens (including phenoxy) is 2. The molecule has 1 atom stereocenters. The molecule has 168 valence electrons. The van der Waals surface area contributed by atoms with Gasteiger partial charge in [0, 0.05) is 13.0 Å². The van der Waals surface area contributed by atoms with Gasteiger partial charge in [-0.25, -0.2) is 13.1 Å². The third-order valence-corrected chi connectivity index (χ3v) is 6.60. The molecule has 31 heavy (non-hydrogen) atoms. The first-order chi connectivity index (χ1) is 14.6. The zero-order chi connectivity index (χ0) is 22.6. The molecule has 0 fully saturated rings. The van der Waals surface area contributed by atoms with E-state index in [-0.39, 0.29) is 35.2 Å². The summed E-state index contributed by atoms with van der Waals surface area (Å²) < 4.78 is 38.5. The van der Waals surface area contributed by atoms with E-state index >= 15 is 0 Å². The van der Waals surface area contributed by atoms with Gasteiger partial charge in [0.15, 0.2) is 11.5 Å². The van der Waals surface area contributed by atoms with Crippen LogP contribution in [-0.2, 0) is 20.2 Å². The molecule has 0 saturated heterocycles. The van der Waals surface area contributed by atoms with Crippen LogP contribution in [0.25, 0.3) is 0 Å². The van der Waals surface area contributed by atoms with Gasteiger partial charge >= 0.3 is 0 Å². The van der Waals surface area contributed by atoms with Gasteiger partial charge in [-0.05, 0) is 47.7 Å². The second-order valence-electron chi connectivity index (χ2n) is 8.61. The van der Waals surface area contributed by atoms with E-state index in [1.165, 1.54) is 0 Å². The van der Waals surface area contributed by atoms with E-state index in [2.05, 4.69) is 30.8 Å². The monoisotopic (exact) mass is 446 g/mol. The molecule has 1 amide bonds. The first kappa shape index (κ1) is 23.1. The number of rotatable bonds is 7. The Morgan fingerprint density at radius 2 is 1.68 bits per heavy atom. The van der Waals surface area contributed by atoms with Crippen LogP contribution in [0.5, 0.6) is 11.5 Å². The van der Waals surface area contributed by atoms with Crippen LogP contribution in [0.3, 0.4) is 0 Å². The SMILES string of the molecule is CC(NC(=O)CCNS(=O)(=O)c1ccc(C(C)(C)C)cc1)c1ccc2c(c1)OCCO2. The summed E-state index contributed by atoms with van der Waals surface area (Å²) in [4.78, 5) is 12.5. The Labute approximate surface area is 184 Å². The van der Waals surface area contributed by atoms with Crippen molar-refractivity contribution >= 4 is 15.9 Å². The number of carbonyl (C=O) groups excluding carboxylic acids is 1. The Kier molecular flexibility index (Phi) is 6.91. The van der Waals surface area contributed by atoms with Crippen LogP contribution in [-0.4, -0.2) is 34.1 Å². The van der Waals surface area contributed by atoms with Crippen LogP contribution in [0, 0.1) is 0 Å². The van der Waals surface area contributed by atoms with Crippen molar-refractivity contribution in [1.82, 2.24) is 10.0 Å². The maximum absolute atomic E-state index is 12.5. The van der Waals surface area contributed by atoms with Crippen LogP contribution >= 0.6 is 0 Å². The largest absolute Gasteiger partial charge is 0.486 e. The van der Waals surface area contributed by atoms with E-state index in [1.807, 2.05) is 37.3 Å². The molecule has 2 aromatic carbocycles. The van der Waals surface area contributed by atoms with Crippen molar-refractivity contribution in [2.75, 3.05) is 19.8 Å². The predicted octanol–water partition coefficient (Wildman–Crippen LogP) is 3.30. The topological polar surface area (TPSA) is 93.7 Å². The lowest BCUT2D eigenvalue weighted by molar-refractivity contribution is -0.121. The standard InChI is InChI=1S/C23H30N2O5S/c1-16(17-5-10-20-21(15-17)30-14-13-29-20)25-22(26)11-12-24-31(27,28)19-8-6-18(7-9-19)23(2,3)4/h5-10,15-16,24H,11-14H2,1-4H3,(H,25,26). The molecule has 8 heteroatoms. The van der Waals surface area contributed by atoms with Gasteiger partial charge in [0.1, 0.15) is 13.2 Å². The number of hydrogen-bond donors (Lipinski definition) is 2. The van der Waals surface area contributed by atoms with Gasteiger partial charge in [0.2, 0.25) is 15.9 Å². The van der Waals surface area contributed by atoms with Crippen molar-refractivity contribution in [2.24, 2.45) is 0 Å². The average molecular weight is 447 g/mol. The molecule has 2 aromatic rings. The number of nitrogens with one attached hydrogen (secondary N) is 2. The number of benzene rings is 2. The maximum atomic E-state index is 12.5. The van der Waals surface area contributed by atoms with Crippen molar-refractivity contribution < 1.29 is 22.7 Å². The smallest absolute Gasteiger partial charge is 0.240 e. The molecular formula is C23H30N2O5S. The number of hydrogen-bond acceptors (Lipinski definition) is 5. The summed E-state index contributed by atoms with van der Waals surface area (Å²) in [7, 11) is -3.67. The van der Waals surface area contributed by atoms with Gasteiger partial charge in [-0.15, -0.1) is 0 Å². The van der Waals surface area contributed by atoms with Gasteiger partial charge in [-0.2, -0.15) is 0 Å². The highest BCUT2D eigenvalue weighted by Gasteiger charge is 2.19. The van der Waals surface area contributed by atoms with E-state index in [4.69, 9.17) is 9.47 Å². The molecule has 0 aromatic heterocycles. The lowest BCUT2D eigenvalue weighted by Gasteiger charge is -2.21.